The van der Waals surface area contributed by atoms with Gasteiger partial charge in [-0.3, -0.25) is 9.69 Å². The number of hydrogen-bond donors (Lipinski definition) is 2. The number of carboxylic acids is 1. The second-order valence-electron chi connectivity index (χ2n) is 6.47. The number of fused-ring (bicyclic) bond motifs is 1. The van der Waals surface area contributed by atoms with Gasteiger partial charge in [0.2, 0.25) is 0 Å². The molecule has 1 aliphatic heterocycles. The number of hydrogen-bond acceptors (Lipinski definition) is 4. The fourth-order valence-corrected chi connectivity index (χ4v) is 3.52. The highest BCUT2D eigenvalue weighted by molar-refractivity contribution is 6.31. The van der Waals surface area contributed by atoms with E-state index in [4.69, 9.17) is 21.4 Å². The van der Waals surface area contributed by atoms with Gasteiger partial charge in [-0.05, 0) is 42.5 Å². The lowest BCUT2D eigenvalue weighted by Crippen LogP contribution is -2.43. The van der Waals surface area contributed by atoms with Crippen molar-refractivity contribution in [2.45, 2.75) is 6.17 Å². The van der Waals surface area contributed by atoms with E-state index >= 15 is 0 Å². The quantitative estimate of drug-likeness (QED) is 0.646. The van der Waals surface area contributed by atoms with Gasteiger partial charge in [0, 0.05) is 22.0 Å². The predicted octanol–water partition coefficient (Wildman–Crippen LogP) is 4.57. The maximum atomic E-state index is 13.3. The first-order valence-corrected chi connectivity index (χ1v) is 9.30. The van der Waals surface area contributed by atoms with Crippen molar-refractivity contribution < 1.29 is 19.4 Å². The largest absolute Gasteiger partial charge is 0.482 e. The van der Waals surface area contributed by atoms with Gasteiger partial charge in [-0.15, -0.1) is 0 Å². The molecule has 1 amide bonds. The molecule has 0 aliphatic carbocycles. The fraction of sp³-hybridized carbons (Fsp3) is 0.0909. The summed E-state index contributed by atoms with van der Waals surface area (Å²) in [6.07, 6.45) is -0.503. The van der Waals surface area contributed by atoms with Crippen LogP contribution in [0.15, 0.2) is 72.8 Å². The molecule has 2 N–H and O–H groups in total. The molecule has 29 heavy (non-hydrogen) atoms. The van der Waals surface area contributed by atoms with E-state index in [1.165, 1.54) is 0 Å². The van der Waals surface area contributed by atoms with Gasteiger partial charge >= 0.3 is 5.97 Å². The van der Waals surface area contributed by atoms with Crippen molar-refractivity contribution in [2.24, 2.45) is 0 Å². The Kier molecular flexibility index (Phi) is 5.10. The second kappa shape index (κ2) is 7.85. The summed E-state index contributed by atoms with van der Waals surface area (Å²) in [5.41, 5.74) is 2.69. The Morgan fingerprint density at radius 2 is 1.72 bits per heavy atom. The van der Waals surface area contributed by atoms with Crippen molar-refractivity contribution in [3.63, 3.8) is 0 Å². The Balaban J connectivity index is 1.74. The Morgan fingerprint density at radius 3 is 2.45 bits per heavy atom. The topological polar surface area (TPSA) is 78.9 Å². The lowest BCUT2D eigenvalue weighted by Gasteiger charge is -2.38. The average Bonchev–Trinajstić information content (AvgIpc) is 2.73. The molecule has 0 radical (unpaired) electrons. The van der Waals surface area contributed by atoms with Crippen LogP contribution in [0.5, 0.6) is 5.75 Å². The molecule has 4 rings (SSSR count). The molecule has 1 atom stereocenters. The van der Waals surface area contributed by atoms with Crippen LogP contribution in [0.3, 0.4) is 0 Å². The van der Waals surface area contributed by atoms with Crippen LogP contribution >= 0.6 is 11.6 Å². The molecule has 0 bridgehead atoms. The minimum Gasteiger partial charge on any atom is -0.482 e. The first kappa shape index (κ1) is 18.8. The van der Waals surface area contributed by atoms with E-state index in [1.54, 1.807) is 41.3 Å². The molecule has 1 aliphatic rings. The number of ether oxygens (including phenoxy) is 1. The van der Waals surface area contributed by atoms with E-state index in [-0.39, 0.29) is 5.91 Å². The maximum absolute atomic E-state index is 13.3. The van der Waals surface area contributed by atoms with Crippen LogP contribution in [0.1, 0.15) is 22.1 Å². The molecule has 3 aromatic carbocycles. The first-order chi connectivity index (χ1) is 14.0. The summed E-state index contributed by atoms with van der Waals surface area (Å²) in [5, 5.41) is 12.7. The van der Waals surface area contributed by atoms with Crippen molar-refractivity contribution in [3.8, 4) is 5.75 Å². The van der Waals surface area contributed by atoms with Gasteiger partial charge in [-0.1, -0.05) is 41.9 Å². The van der Waals surface area contributed by atoms with Crippen LogP contribution in [-0.2, 0) is 4.79 Å². The Bertz CT molecular complexity index is 1070. The number of aliphatic carboxylic acids is 1. The molecule has 0 saturated carbocycles. The van der Waals surface area contributed by atoms with E-state index in [0.717, 1.165) is 11.3 Å². The van der Waals surface area contributed by atoms with E-state index in [0.29, 0.717) is 22.0 Å². The number of carbonyl (C=O) groups excluding carboxylic acids is 1. The number of rotatable bonds is 5. The number of amides is 1. The maximum Gasteiger partial charge on any atom is 0.341 e. The molecule has 7 heteroatoms. The highest BCUT2D eigenvalue weighted by atomic mass is 35.5. The number of carbonyl (C=O) groups is 2. The molecule has 0 spiro atoms. The van der Waals surface area contributed by atoms with Crippen LogP contribution in [0.25, 0.3) is 0 Å². The number of halogens is 1. The summed E-state index contributed by atoms with van der Waals surface area (Å²) in [6, 6.07) is 21.4. The third-order valence-corrected chi connectivity index (χ3v) is 4.95. The lowest BCUT2D eigenvalue weighted by atomic mass is 10.0. The molecular formula is C22H17ClN2O4. The van der Waals surface area contributed by atoms with E-state index in [2.05, 4.69) is 5.32 Å². The Hall–Kier alpha value is -3.51. The lowest BCUT2D eigenvalue weighted by molar-refractivity contribution is -0.139. The highest BCUT2D eigenvalue weighted by Gasteiger charge is 2.34. The van der Waals surface area contributed by atoms with Gasteiger partial charge in [0.05, 0.1) is 5.56 Å². The van der Waals surface area contributed by atoms with Crippen LogP contribution < -0.4 is 15.0 Å². The zero-order chi connectivity index (χ0) is 20.4. The molecule has 1 heterocycles. The first-order valence-electron chi connectivity index (χ1n) is 8.93. The SMILES string of the molecule is O=C(O)COc1ccc(N2C(=O)c3ccccc3N[C@H]2c2ccccc2Cl)cc1. The fourth-order valence-electron chi connectivity index (χ4n) is 3.28. The van der Waals surface area contributed by atoms with Crippen LogP contribution in [-0.4, -0.2) is 23.6 Å². The average molecular weight is 409 g/mol. The summed E-state index contributed by atoms with van der Waals surface area (Å²) in [4.78, 5) is 25.7. The third-order valence-electron chi connectivity index (χ3n) is 4.60. The van der Waals surface area contributed by atoms with Crippen LogP contribution in [0.2, 0.25) is 5.02 Å². The molecule has 3 aromatic rings. The normalized spacial score (nSPS) is 15.4. The van der Waals surface area contributed by atoms with Crippen molar-refractivity contribution in [2.75, 3.05) is 16.8 Å². The monoisotopic (exact) mass is 408 g/mol. The Morgan fingerprint density at radius 1 is 1.03 bits per heavy atom. The number of carboxylic acid groups (broad SMARTS) is 1. The summed E-state index contributed by atoms with van der Waals surface area (Å²) < 4.78 is 5.18. The number of anilines is 2. The van der Waals surface area contributed by atoms with Crippen molar-refractivity contribution in [1.82, 2.24) is 0 Å². The number of para-hydroxylation sites is 1. The summed E-state index contributed by atoms with van der Waals surface area (Å²) in [5.74, 6) is -0.813. The summed E-state index contributed by atoms with van der Waals surface area (Å²) >= 11 is 6.43. The Labute approximate surface area is 172 Å². The number of benzene rings is 3. The van der Waals surface area contributed by atoms with E-state index in [9.17, 15) is 9.59 Å². The highest BCUT2D eigenvalue weighted by Crippen LogP contribution is 2.39. The smallest absolute Gasteiger partial charge is 0.341 e. The molecule has 0 aromatic heterocycles. The molecule has 0 unspecified atom stereocenters. The molecule has 0 fully saturated rings. The second-order valence-corrected chi connectivity index (χ2v) is 6.87. The van der Waals surface area contributed by atoms with Crippen molar-refractivity contribution in [1.29, 1.82) is 0 Å². The van der Waals surface area contributed by atoms with Crippen molar-refractivity contribution >= 4 is 34.9 Å². The van der Waals surface area contributed by atoms with Gasteiger partial charge in [0.15, 0.2) is 6.61 Å². The van der Waals surface area contributed by atoms with Gasteiger partial charge in [0.25, 0.3) is 5.91 Å². The molecular weight excluding hydrogens is 392 g/mol. The molecule has 146 valence electrons. The molecule has 6 nitrogen and oxygen atoms in total. The molecule has 0 saturated heterocycles. The van der Waals surface area contributed by atoms with E-state index in [1.807, 2.05) is 36.4 Å². The van der Waals surface area contributed by atoms with Gasteiger partial charge in [0.1, 0.15) is 11.9 Å². The third kappa shape index (κ3) is 3.75. The minimum absolute atomic E-state index is 0.163. The van der Waals surface area contributed by atoms with Crippen LogP contribution in [0.4, 0.5) is 11.4 Å². The zero-order valence-corrected chi connectivity index (χ0v) is 16.0. The van der Waals surface area contributed by atoms with Gasteiger partial charge in [-0.2, -0.15) is 0 Å². The zero-order valence-electron chi connectivity index (χ0n) is 15.2. The summed E-state index contributed by atoms with van der Waals surface area (Å²) in [6.45, 7) is -0.431. The number of nitrogens with one attached hydrogen (secondary N) is 1. The van der Waals surface area contributed by atoms with Gasteiger partial charge in [-0.25, -0.2) is 4.79 Å². The summed E-state index contributed by atoms with van der Waals surface area (Å²) in [7, 11) is 0. The standard InChI is InChI=1S/C22H17ClN2O4/c23-18-7-3-1-5-16(18)21-24-19-8-4-2-6-17(19)22(28)25(21)14-9-11-15(12-10-14)29-13-20(26)27/h1-12,21,24H,13H2,(H,26,27)/t21-/m1/s1. The van der Waals surface area contributed by atoms with E-state index < -0.39 is 18.7 Å². The van der Waals surface area contributed by atoms with Crippen LogP contribution in [0, 0.1) is 0 Å². The minimum atomic E-state index is -1.06. The van der Waals surface area contributed by atoms with Crippen molar-refractivity contribution in [3.05, 3.63) is 88.9 Å². The predicted molar refractivity (Wildman–Crippen MR) is 111 cm³/mol. The van der Waals surface area contributed by atoms with Gasteiger partial charge < -0.3 is 15.2 Å². The number of nitrogens with zero attached hydrogens (tertiary/aromatic N) is 1.